The summed E-state index contributed by atoms with van der Waals surface area (Å²) in [5.41, 5.74) is 1.13. The van der Waals surface area contributed by atoms with Gasteiger partial charge in [0.25, 0.3) is 0 Å². The fourth-order valence-electron chi connectivity index (χ4n) is 6.06. The zero-order valence-electron chi connectivity index (χ0n) is 16.9. The first kappa shape index (κ1) is 19.3. The molecule has 3 atom stereocenters. The van der Waals surface area contributed by atoms with E-state index in [2.05, 4.69) is 5.92 Å². The Bertz CT molecular complexity index is 875. The van der Waals surface area contributed by atoms with Crippen molar-refractivity contribution >= 4 is 11.5 Å². The molecule has 3 nitrogen and oxygen atoms in total. The quantitative estimate of drug-likeness (QED) is 0.709. The number of rotatable bonds is 2. The lowest BCUT2D eigenvalue weighted by atomic mass is 9.56. The minimum absolute atomic E-state index is 0.0509. The first-order valence-corrected chi connectivity index (χ1v) is 10.3. The van der Waals surface area contributed by atoms with Crippen LogP contribution in [-0.4, -0.2) is 24.7 Å². The summed E-state index contributed by atoms with van der Waals surface area (Å²) < 4.78 is 19.6. The summed E-state index contributed by atoms with van der Waals surface area (Å²) in [5, 5.41) is 0. The van der Waals surface area contributed by atoms with Crippen molar-refractivity contribution in [2.24, 2.45) is 22.2 Å². The Hall–Kier alpha value is -1.99. The molecule has 148 valence electrons. The Morgan fingerprint density at radius 3 is 2.68 bits per heavy atom. The SMILES string of the molecule is C#CC1=NC2(C(=O)C(CC)C1C)c1ccc(F)cc1CC21CCC(OC)CC1. The van der Waals surface area contributed by atoms with E-state index in [4.69, 9.17) is 16.2 Å². The van der Waals surface area contributed by atoms with Crippen LogP contribution in [0.25, 0.3) is 0 Å². The molecule has 4 heteroatoms. The first-order chi connectivity index (χ1) is 13.4. The van der Waals surface area contributed by atoms with Crippen molar-refractivity contribution in [3.63, 3.8) is 0 Å². The molecule has 1 fully saturated rings. The van der Waals surface area contributed by atoms with Gasteiger partial charge in [0.1, 0.15) is 5.82 Å². The number of benzene rings is 1. The molecule has 0 amide bonds. The molecule has 28 heavy (non-hydrogen) atoms. The Kier molecular flexibility index (Phi) is 4.70. The zero-order chi connectivity index (χ0) is 20.1. The number of ether oxygens (including phenoxy) is 1. The second-order valence-electron chi connectivity index (χ2n) is 8.71. The van der Waals surface area contributed by atoms with Crippen LogP contribution < -0.4 is 0 Å². The molecule has 1 aromatic carbocycles. The van der Waals surface area contributed by atoms with Crippen molar-refractivity contribution in [3.05, 3.63) is 35.1 Å². The highest BCUT2D eigenvalue weighted by atomic mass is 19.1. The van der Waals surface area contributed by atoms with E-state index in [1.165, 1.54) is 6.07 Å². The minimum Gasteiger partial charge on any atom is -0.381 e. The maximum Gasteiger partial charge on any atom is 0.169 e. The number of terminal acetylenes is 1. The lowest BCUT2D eigenvalue weighted by Crippen LogP contribution is -2.56. The fraction of sp³-hybridized carbons (Fsp3) is 0.583. The number of Topliss-reactive ketones (excluding diaryl/α,β-unsaturated/α-hetero) is 1. The van der Waals surface area contributed by atoms with E-state index in [1.54, 1.807) is 19.2 Å². The lowest BCUT2D eigenvalue weighted by molar-refractivity contribution is -0.137. The van der Waals surface area contributed by atoms with Gasteiger partial charge in [0, 0.05) is 24.4 Å². The lowest BCUT2D eigenvalue weighted by Gasteiger charge is -2.50. The van der Waals surface area contributed by atoms with Crippen LogP contribution in [0.1, 0.15) is 57.1 Å². The van der Waals surface area contributed by atoms with Crippen LogP contribution in [0.15, 0.2) is 23.2 Å². The van der Waals surface area contributed by atoms with E-state index in [0.717, 1.165) is 43.2 Å². The molecule has 0 aromatic heterocycles. The summed E-state index contributed by atoms with van der Waals surface area (Å²) in [5.74, 6) is 2.47. The summed E-state index contributed by atoms with van der Waals surface area (Å²) in [6.45, 7) is 4.05. The maximum absolute atomic E-state index is 14.1. The number of fused-ring (bicyclic) bond motifs is 3. The predicted octanol–water partition coefficient (Wildman–Crippen LogP) is 4.47. The van der Waals surface area contributed by atoms with Crippen molar-refractivity contribution in [1.82, 2.24) is 0 Å². The molecule has 1 aliphatic heterocycles. The van der Waals surface area contributed by atoms with E-state index in [9.17, 15) is 9.18 Å². The van der Waals surface area contributed by atoms with Gasteiger partial charge in [-0.15, -0.1) is 6.42 Å². The molecule has 2 aliphatic carbocycles. The van der Waals surface area contributed by atoms with Crippen LogP contribution in [0.3, 0.4) is 0 Å². The van der Waals surface area contributed by atoms with Crippen molar-refractivity contribution in [2.45, 2.75) is 64.0 Å². The van der Waals surface area contributed by atoms with Crippen molar-refractivity contribution in [3.8, 4) is 12.3 Å². The second kappa shape index (κ2) is 6.81. The average molecular weight is 381 g/mol. The van der Waals surface area contributed by atoms with Crippen LogP contribution in [0.2, 0.25) is 0 Å². The first-order valence-electron chi connectivity index (χ1n) is 10.3. The minimum atomic E-state index is -0.983. The molecule has 0 N–H and O–H groups in total. The van der Waals surface area contributed by atoms with Crippen LogP contribution >= 0.6 is 0 Å². The molecule has 0 radical (unpaired) electrons. The number of hydrogen-bond acceptors (Lipinski definition) is 3. The Morgan fingerprint density at radius 2 is 2.07 bits per heavy atom. The molecule has 3 aliphatic rings. The highest BCUT2D eigenvalue weighted by molar-refractivity contribution is 6.10. The topological polar surface area (TPSA) is 38.7 Å². The third kappa shape index (κ3) is 2.45. The highest BCUT2D eigenvalue weighted by Crippen LogP contribution is 2.62. The zero-order valence-corrected chi connectivity index (χ0v) is 16.9. The van der Waals surface area contributed by atoms with Gasteiger partial charge in [0.15, 0.2) is 11.3 Å². The van der Waals surface area contributed by atoms with Crippen molar-refractivity contribution in [1.29, 1.82) is 0 Å². The van der Waals surface area contributed by atoms with Gasteiger partial charge in [-0.1, -0.05) is 25.8 Å². The fourth-order valence-corrected chi connectivity index (χ4v) is 6.06. The predicted molar refractivity (Wildman–Crippen MR) is 108 cm³/mol. The van der Waals surface area contributed by atoms with Gasteiger partial charge < -0.3 is 4.74 Å². The van der Waals surface area contributed by atoms with Gasteiger partial charge in [-0.05, 0) is 61.8 Å². The standard InChI is InChI=1S/C24H28FNO2/c1-5-19-15(3)21(6-2)26-24(22(19)27)20-8-7-17(25)13-16(20)14-23(24)11-9-18(28-4)10-12-23/h2,7-8,13,15,18-19H,5,9-12,14H2,1,3-4H3. The van der Waals surface area contributed by atoms with Crippen LogP contribution in [0, 0.1) is 35.4 Å². The number of methoxy groups -OCH3 is 1. The summed E-state index contributed by atoms with van der Waals surface area (Å²) in [7, 11) is 1.74. The maximum atomic E-state index is 14.1. The molecule has 3 unspecified atom stereocenters. The van der Waals surface area contributed by atoms with Gasteiger partial charge in [-0.25, -0.2) is 4.39 Å². The molecule has 0 bridgehead atoms. The smallest absolute Gasteiger partial charge is 0.169 e. The van der Waals surface area contributed by atoms with Gasteiger partial charge in [-0.3, -0.25) is 9.79 Å². The van der Waals surface area contributed by atoms with E-state index < -0.39 is 5.54 Å². The Labute approximate surface area is 166 Å². The number of hydrogen-bond donors (Lipinski definition) is 0. The number of nitrogens with zero attached hydrogens (tertiary/aromatic N) is 1. The number of carbonyl (C=O) groups excluding carboxylic acids is 1. The number of carbonyl (C=O) groups is 1. The van der Waals surface area contributed by atoms with Crippen LogP contribution in [0.4, 0.5) is 4.39 Å². The molecular formula is C24H28FNO2. The summed E-state index contributed by atoms with van der Waals surface area (Å²) in [6.07, 6.45) is 10.9. The number of ketones is 1. The summed E-state index contributed by atoms with van der Waals surface area (Å²) in [4.78, 5) is 19.1. The molecular weight excluding hydrogens is 353 g/mol. The molecule has 4 rings (SSSR count). The van der Waals surface area contributed by atoms with E-state index in [1.807, 2.05) is 13.8 Å². The molecule has 1 aromatic rings. The van der Waals surface area contributed by atoms with E-state index >= 15 is 0 Å². The average Bonchev–Trinajstić information content (AvgIpc) is 2.94. The second-order valence-corrected chi connectivity index (χ2v) is 8.71. The molecule has 2 spiro atoms. The Balaban J connectivity index is 1.96. The molecule has 1 heterocycles. The summed E-state index contributed by atoms with van der Waals surface area (Å²) >= 11 is 0. The normalized spacial score (nSPS) is 37.0. The van der Waals surface area contributed by atoms with Crippen molar-refractivity contribution in [2.75, 3.05) is 7.11 Å². The van der Waals surface area contributed by atoms with Gasteiger partial charge in [0.05, 0.1) is 11.8 Å². The summed E-state index contributed by atoms with van der Waals surface area (Å²) in [6, 6.07) is 4.82. The third-order valence-corrected chi connectivity index (χ3v) is 7.58. The van der Waals surface area contributed by atoms with E-state index in [0.29, 0.717) is 12.1 Å². The number of halogens is 1. The Morgan fingerprint density at radius 1 is 1.36 bits per heavy atom. The van der Waals surface area contributed by atoms with Gasteiger partial charge in [-0.2, -0.15) is 0 Å². The van der Waals surface area contributed by atoms with Gasteiger partial charge >= 0.3 is 0 Å². The molecule has 1 saturated carbocycles. The van der Waals surface area contributed by atoms with Crippen molar-refractivity contribution < 1.29 is 13.9 Å². The largest absolute Gasteiger partial charge is 0.381 e. The van der Waals surface area contributed by atoms with Crippen LogP contribution in [-0.2, 0) is 21.5 Å². The third-order valence-electron chi connectivity index (χ3n) is 7.58. The number of aliphatic imine (C=N–C) groups is 1. The highest BCUT2D eigenvalue weighted by Gasteiger charge is 2.65. The van der Waals surface area contributed by atoms with Crippen LogP contribution in [0.5, 0.6) is 0 Å². The van der Waals surface area contributed by atoms with Gasteiger partial charge in [0.2, 0.25) is 0 Å². The monoisotopic (exact) mass is 381 g/mol. The molecule has 0 saturated heterocycles. The van der Waals surface area contributed by atoms with E-state index in [-0.39, 0.29) is 35.0 Å².